The van der Waals surface area contributed by atoms with Crippen LogP contribution >= 0.6 is 0 Å². The molecule has 78 valence electrons. The summed E-state index contributed by atoms with van der Waals surface area (Å²) in [6, 6.07) is 0. The molecule has 0 saturated carbocycles. The summed E-state index contributed by atoms with van der Waals surface area (Å²) in [4.78, 5) is 4.96. The molecule has 0 radical (unpaired) electrons. The Morgan fingerprint density at radius 3 is 1.21 bits per heavy atom. The van der Waals surface area contributed by atoms with Crippen molar-refractivity contribution in [2.45, 2.75) is 25.7 Å². The van der Waals surface area contributed by atoms with E-state index in [1.165, 1.54) is 51.9 Å². The van der Waals surface area contributed by atoms with E-state index in [1.54, 1.807) is 0 Å². The highest BCUT2D eigenvalue weighted by Gasteiger charge is 2.27. The van der Waals surface area contributed by atoms with Gasteiger partial charge in [-0.25, -0.2) is 0 Å². The smallest absolute Gasteiger partial charge is 0.185 e. The lowest BCUT2D eigenvalue weighted by molar-refractivity contribution is 0.155. The lowest BCUT2D eigenvalue weighted by Crippen LogP contribution is -2.39. The summed E-state index contributed by atoms with van der Waals surface area (Å²) in [5.74, 6) is 2.08. The molecule has 2 nitrogen and oxygen atoms in total. The fourth-order valence-electron chi connectivity index (χ4n) is 3.00. The highest BCUT2D eigenvalue weighted by Crippen LogP contribution is 2.31. The quantitative estimate of drug-likeness (QED) is 0.517. The van der Waals surface area contributed by atoms with Crippen LogP contribution in [0.5, 0.6) is 0 Å². The molecule has 4 heteroatoms. The summed E-state index contributed by atoms with van der Waals surface area (Å²) in [6.07, 6.45) is 5.80. The monoisotopic (exact) mass is 192 g/mol. The first-order valence-electron chi connectivity index (χ1n) is 6.13. The molecule has 0 aromatic carbocycles. The molecule has 2 aliphatic heterocycles. The van der Waals surface area contributed by atoms with Crippen LogP contribution in [0.4, 0.5) is 0 Å². The zero-order chi connectivity index (χ0) is 9.97. The highest BCUT2D eigenvalue weighted by molar-refractivity contribution is 6.04. The molecular weight excluding hydrogens is 170 g/mol. The number of hydrogen-bond acceptors (Lipinski definition) is 2. The number of hydrogen-bond donors (Lipinski definition) is 0. The van der Waals surface area contributed by atoms with Crippen LogP contribution in [-0.4, -0.2) is 51.8 Å². The molecule has 0 spiro atoms. The van der Waals surface area contributed by atoms with Gasteiger partial charge in [0.15, 0.2) is 16.0 Å². The van der Waals surface area contributed by atoms with Crippen molar-refractivity contribution >= 4 is 16.0 Å². The van der Waals surface area contributed by atoms with E-state index in [4.69, 9.17) is 0 Å². The van der Waals surface area contributed by atoms with E-state index < -0.39 is 0 Å². The molecule has 0 N–H and O–H groups in total. The Labute approximate surface area is 89.9 Å². The molecule has 2 rings (SSSR count). The Balaban J connectivity index is 1.78. The molecule has 0 atom stereocenters. The lowest BCUT2D eigenvalue weighted by atomic mass is 9.78. The summed E-state index contributed by atoms with van der Waals surface area (Å²) in [7, 11) is 4.51. The van der Waals surface area contributed by atoms with Gasteiger partial charge in [-0.2, -0.15) is 0 Å². The Kier molecular flexibility index (Phi) is 3.56. The van der Waals surface area contributed by atoms with Gasteiger partial charge in [0.1, 0.15) is 0 Å². The molecule has 2 aliphatic rings. The summed E-state index contributed by atoms with van der Waals surface area (Å²) in [6.45, 7) is 5.32. The minimum absolute atomic E-state index is 1.04. The van der Waals surface area contributed by atoms with Gasteiger partial charge >= 0.3 is 0 Å². The van der Waals surface area contributed by atoms with Crippen LogP contribution in [0.15, 0.2) is 0 Å². The maximum absolute atomic E-state index is 2.48. The van der Waals surface area contributed by atoms with Gasteiger partial charge in [0.25, 0.3) is 0 Å². The van der Waals surface area contributed by atoms with E-state index in [0.29, 0.717) is 0 Å². The second-order valence-electron chi connectivity index (χ2n) is 5.28. The van der Waals surface area contributed by atoms with Crippen molar-refractivity contribution in [2.75, 3.05) is 26.2 Å². The van der Waals surface area contributed by atoms with E-state index in [-0.39, 0.29) is 0 Å². The first kappa shape index (κ1) is 10.6. The first-order valence-corrected chi connectivity index (χ1v) is 6.13. The van der Waals surface area contributed by atoms with Crippen LogP contribution in [0.25, 0.3) is 0 Å². The third-order valence-corrected chi connectivity index (χ3v) is 4.19. The second kappa shape index (κ2) is 4.71. The Hall–Kier alpha value is 0.0499. The zero-order valence-electron chi connectivity index (χ0n) is 9.71. The van der Waals surface area contributed by atoms with E-state index >= 15 is 0 Å². The van der Waals surface area contributed by atoms with Crippen LogP contribution in [0.1, 0.15) is 25.7 Å². The first-order chi connectivity index (χ1) is 6.75. The van der Waals surface area contributed by atoms with E-state index in [1.807, 2.05) is 0 Å². The third kappa shape index (κ3) is 2.54. The van der Waals surface area contributed by atoms with Crippen molar-refractivity contribution in [2.24, 2.45) is 11.8 Å². The fourth-order valence-corrected chi connectivity index (χ4v) is 3.00. The highest BCUT2D eigenvalue weighted by atomic mass is 15.0. The number of rotatable bonds is 1. The molecule has 2 saturated heterocycles. The summed E-state index contributed by atoms with van der Waals surface area (Å²) < 4.78 is 0. The number of piperidine rings is 2. The van der Waals surface area contributed by atoms with E-state index in [0.717, 1.165) is 11.8 Å². The minimum atomic E-state index is 1.04. The van der Waals surface area contributed by atoms with Gasteiger partial charge in [-0.15, -0.1) is 0 Å². The van der Waals surface area contributed by atoms with Gasteiger partial charge < -0.3 is 9.62 Å². The van der Waals surface area contributed by atoms with Crippen molar-refractivity contribution in [1.82, 2.24) is 9.62 Å². The normalized spacial score (nSPS) is 29.4. The maximum atomic E-state index is 2.48. The standard InChI is InChI=1S/C10H22B2N2/c11-13-5-1-9(2-6-13)10-3-7-14(12)8-4-10/h9-10H,1-8,11-12H2. The Morgan fingerprint density at radius 2 is 0.929 bits per heavy atom. The molecule has 0 amide bonds. The van der Waals surface area contributed by atoms with Crippen LogP contribution < -0.4 is 0 Å². The predicted octanol–water partition coefficient (Wildman–Crippen LogP) is -0.493. The SMILES string of the molecule is BN1CCC(C2CCN(B)CC2)CC1. The number of nitrogens with zero attached hydrogens (tertiary/aromatic N) is 2. The van der Waals surface area contributed by atoms with Gasteiger partial charge in [0, 0.05) is 0 Å². The summed E-state index contributed by atoms with van der Waals surface area (Å²) in [5.41, 5.74) is 0. The van der Waals surface area contributed by atoms with Crippen LogP contribution in [0, 0.1) is 11.8 Å². The van der Waals surface area contributed by atoms with Crippen LogP contribution in [-0.2, 0) is 0 Å². The van der Waals surface area contributed by atoms with E-state index in [9.17, 15) is 0 Å². The summed E-state index contributed by atoms with van der Waals surface area (Å²) in [5, 5.41) is 0. The largest absolute Gasteiger partial charge is 0.349 e. The zero-order valence-corrected chi connectivity index (χ0v) is 9.71. The van der Waals surface area contributed by atoms with Crippen molar-refractivity contribution in [3.05, 3.63) is 0 Å². The van der Waals surface area contributed by atoms with Crippen molar-refractivity contribution < 1.29 is 0 Å². The van der Waals surface area contributed by atoms with Gasteiger partial charge in [-0.1, -0.05) is 0 Å². The van der Waals surface area contributed by atoms with Gasteiger partial charge in [0.05, 0.1) is 0 Å². The van der Waals surface area contributed by atoms with Crippen molar-refractivity contribution in [1.29, 1.82) is 0 Å². The van der Waals surface area contributed by atoms with Crippen molar-refractivity contribution in [3.63, 3.8) is 0 Å². The molecule has 0 unspecified atom stereocenters. The molecule has 0 aliphatic carbocycles. The molecular formula is C10H22B2N2. The third-order valence-electron chi connectivity index (χ3n) is 4.19. The molecule has 0 aromatic rings. The Morgan fingerprint density at radius 1 is 0.643 bits per heavy atom. The molecule has 2 heterocycles. The predicted molar refractivity (Wildman–Crippen MR) is 65.7 cm³/mol. The maximum Gasteiger partial charge on any atom is 0.185 e. The molecule has 2 fully saturated rings. The molecule has 0 aromatic heterocycles. The minimum Gasteiger partial charge on any atom is -0.349 e. The van der Waals surface area contributed by atoms with E-state index in [2.05, 4.69) is 25.6 Å². The van der Waals surface area contributed by atoms with Gasteiger partial charge in [0.2, 0.25) is 0 Å². The average Bonchev–Trinajstić information content (AvgIpc) is 2.21. The average molecular weight is 192 g/mol. The van der Waals surface area contributed by atoms with Crippen LogP contribution in [0.2, 0.25) is 0 Å². The van der Waals surface area contributed by atoms with Crippen LogP contribution in [0.3, 0.4) is 0 Å². The topological polar surface area (TPSA) is 6.48 Å². The second-order valence-corrected chi connectivity index (χ2v) is 5.28. The Bertz CT molecular complexity index is 153. The molecule has 14 heavy (non-hydrogen) atoms. The summed E-state index contributed by atoms with van der Waals surface area (Å²) >= 11 is 0. The molecule has 0 bridgehead atoms. The fraction of sp³-hybridized carbons (Fsp3) is 1.00. The lowest BCUT2D eigenvalue weighted by Gasteiger charge is -2.38. The van der Waals surface area contributed by atoms with Crippen molar-refractivity contribution in [3.8, 4) is 0 Å². The van der Waals surface area contributed by atoms with Gasteiger partial charge in [-0.05, 0) is 63.7 Å². The van der Waals surface area contributed by atoms with Gasteiger partial charge in [-0.3, -0.25) is 0 Å².